The topological polar surface area (TPSA) is 0 Å². The van der Waals surface area contributed by atoms with E-state index in [0.717, 1.165) is 12.8 Å². The molecule has 284 valence electrons. The minimum absolute atomic E-state index is 0.304. The summed E-state index contributed by atoms with van der Waals surface area (Å²) in [5, 5.41) is 2.97. The standard InChI is InChI=1S/C58H48Si/c1-3-39-37-55-51(45-25-21-43(22-26-45)41-13-7-5-8-14-41)17-11-19-53(55)57(39)47-29-33-49(34-30-47)59-50-35-31-48(32-36-50)58-40(4-2)38-56-52(18-12-20-54(56)58)46-27-23-44(24-28-46)42-15-9-6-10-16-42/h5-38,57-58H,3-4,59H2,1-2H3. The van der Waals surface area contributed by atoms with Crippen LogP contribution in [0.3, 0.4) is 0 Å². The molecule has 0 heterocycles. The lowest BCUT2D eigenvalue weighted by atomic mass is 9.86. The fourth-order valence-corrected chi connectivity index (χ4v) is 11.1. The molecular weight excluding hydrogens is 725 g/mol. The van der Waals surface area contributed by atoms with Gasteiger partial charge in [-0.3, -0.25) is 0 Å². The largest absolute Gasteiger partial charge is 0.0875 e. The van der Waals surface area contributed by atoms with Crippen molar-refractivity contribution in [3.63, 3.8) is 0 Å². The third-order valence-corrected chi connectivity index (χ3v) is 14.5. The van der Waals surface area contributed by atoms with Gasteiger partial charge in [0.15, 0.2) is 0 Å². The van der Waals surface area contributed by atoms with Gasteiger partial charge in [0.05, 0.1) is 9.52 Å². The molecule has 0 aromatic heterocycles. The summed E-state index contributed by atoms with van der Waals surface area (Å²) in [5.74, 6) is 0.607. The summed E-state index contributed by atoms with van der Waals surface area (Å²) in [7, 11) is -0.622. The van der Waals surface area contributed by atoms with Gasteiger partial charge in [0.25, 0.3) is 0 Å². The van der Waals surface area contributed by atoms with Crippen molar-refractivity contribution in [2.75, 3.05) is 0 Å². The maximum Gasteiger partial charge on any atom is 0.0875 e. The quantitative estimate of drug-likeness (QED) is 0.121. The SMILES string of the molecule is CCC1=Cc2c(-c3ccc(-c4ccccc4)cc3)cccc2C1c1ccc([SiH2]c2ccc(C3C(CC)=Cc4c(-c5ccc(-c6ccccc6)cc5)cccc43)cc2)cc1. The van der Waals surface area contributed by atoms with E-state index < -0.39 is 9.52 Å². The molecule has 0 radical (unpaired) electrons. The first-order valence-corrected chi connectivity index (χ1v) is 22.7. The molecule has 0 fully saturated rings. The Morgan fingerprint density at radius 1 is 0.339 bits per heavy atom. The van der Waals surface area contributed by atoms with Crippen molar-refractivity contribution in [1.82, 2.24) is 0 Å². The van der Waals surface area contributed by atoms with Gasteiger partial charge in [-0.1, -0.05) is 242 Å². The molecule has 0 saturated carbocycles. The van der Waals surface area contributed by atoms with Crippen molar-refractivity contribution in [3.05, 3.63) is 239 Å². The van der Waals surface area contributed by atoms with Gasteiger partial charge in [-0.15, -0.1) is 0 Å². The van der Waals surface area contributed by atoms with Crippen molar-refractivity contribution >= 4 is 32.0 Å². The maximum absolute atomic E-state index is 2.47. The van der Waals surface area contributed by atoms with Gasteiger partial charge in [-0.25, -0.2) is 0 Å². The van der Waals surface area contributed by atoms with E-state index >= 15 is 0 Å². The van der Waals surface area contributed by atoms with E-state index in [1.165, 1.54) is 99.4 Å². The van der Waals surface area contributed by atoms with E-state index in [-0.39, 0.29) is 0 Å². The van der Waals surface area contributed by atoms with Gasteiger partial charge in [-0.05, 0) is 90.7 Å². The second-order valence-corrected chi connectivity index (χ2v) is 18.2. The van der Waals surface area contributed by atoms with Crippen molar-refractivity contribution in [1.29, 1.82) is 0 Å². The first-order valence-electron chi connectivity index (χ1n) is 21.3. The zero-order chi connectivity index (χ0) is 39.7. The molecule has 0 amide bonds. The van der Waals surface area contributed by atoms with Crippen LogP contribution in [0.1, 0.15) is 71.9 Å². The van der Waals surface area contributed by atoms with Crippen LogP contribution >= 0.6 is 0 Å². The fourth-order valence-electron chi connectivity index (χ4n) is 9.67. The summed E-state index contributed by atoms with van der Waals surface area (Å²) in [6.07, 6.45) is 7.02. The number of benzene rings is 8. The van der Waals surface area contributed by atoms with Crippen molar-refractivity contribution in [3.8, 4) is 44.5 Å². The van der Waals surface area contributed by atoms with Gasteiger partial charge < -0.3 is 0 Å². The molecule has 0 aliphatic heterocycles. The highest BCUT2D eigenvalue weighted by molar-refractivity contribution is 6.67. The van der Waals surface area contributed by atoms with Crippen molar-refractivity contribution in [2.24, 2.45) is 0 Å². The van der Waals surface area contributed by atoms with Gasteiger partial charge >= 0.3 is 0 Å². The Morgan fingerprint density at radius 3 is 1.07 bits per heavy atom. The number of hydrogen-bond donors (Lipinski definition) is 0. The molecule has 0 N–H and O–H groups in total. The van der Waals surface area contributed by atoms with E-state index in [1.54, 1.807) is 0 Å². The van der Waals surface area contributed by atoms with E-state index in [1.807, 2.05) is 0 Å². The average Bonchev–Trinajstić information content (AvgIpc) is 3.89. The van der Waals surface area contributed by atoms with Crippen LogP contribution in [0.5, 0.6) is 0 Å². The van der Waals surface area contributed by atoms with Crippen molar-refractivity contribution < 1.29 is 0 Å². The Kier molecular flexibility index (Phi) is 9.98. The summed E-state index contributed by atoms with van der Waals surface area (Å²) in [6.45, 7) is 4.61. The lowest BCUT2D eigenvalue weighted by Crippen LogP contribution is -2.27. The van der Waals surface area contributed by atoms with Crippen LogP contribution in [0.25, 0.3) is 56.7 Å². The lowest BCUT2D eigenvalue weighted by Gasteiger charge is -2.19. The highest BCUT2D eigenvalue weighted by atomic mass is 28.2. The minimum Gasteiger partial charge on any atom is -0.0630 e. The minimum atomic E-state index is -0.622. The maximum atomic E-state index is 2.47. The molecule has 2 unspecified atom stereocenters. The summed E-state index contributed by atoms with van der Waals surface area (Å²) >= 11 is 0. The smallest absolute Gasteiger partial charge is 0.0630 e. The monoisotopic (exact) mass is 772 g/mol. The molecule has 0 saturated heterocycles. The molecule has 0 nitrogen and oxygen atoms in total. The van der Waals surface area contributed by atoms with Gasteiger partial charge in [0.2, 0.25) is 0 Å². The summed E-state index contributed by atoms with van der Waals surface area (Å²) in [5.41, 5.74) is 21.6. The lowest BCUT2D eigenvalue weighted by molar-refractivity contribution is 0.909. The summed E-state index contributed by atoms with van der Waals surface area (Å²) in [6, 6.07) is 72.5. The summed E-state index contributed by atoms with van der Waals surface area (Å²) in [4.78, 5) is 0. The Balaban J connectivity index is 0.858. The summed E-state index contributed by atoms with van der Waals surface area (Å²) < 4.78 is 0. The van der Waals surface area contributed by atoms with Crippen molar-refractivity contribution in [2.45, 2.75) is 38.5 Å². The first kappa shape index (κ1) is 36.8. The van der Waals surface area contributed by atoms with Crippen LogP contribution in [0.15, 0.2) is 205 Å². The van der Waals surface area contributed by atoms with E-state index in [9.17, 15) is 0 Å². The zero-order valence-electron chi connectivity index (χ0n) is 33.9. The van der Waals surface area contributed by atoms with E-state index in [4.69, 9.17) is 0 Å². The molecule has 8 aromatic rings. The van der Waals surface area contributed by atoms with Crippen LogP contribution in [0.2, 0.25) is 0 Å². The van der Waals surface area contributed by atoms with Crippen LogP contribution in [0, 0.1) is 0 Å². The Bertz CT molecular complexity index is 2610. The highest BCUT2D eigenvalue weighted by Gasteiger charge is 2.29. The Hall–Kier alpha value is -6.54. The fraction of sp³-hybridized carbons (Fsp3) is 0.103. The molecule has 2 aliphatic rings. The second-order valence-electron chi connectivity index (χ2n) is 16.2. The molecule has 0 spiro atoms. The second kappa shape index (κ2) is 16.0. The van der Waals surface area contributed by atoms with Gasteiger partial charge in [0.1, 0.15) is 0 Å². The van der Waals surface area contributed by atoms with Crippen LogP contribution in [-0.4, -0.2) is 9.52 Å². The molecule has 10 rings (SSSR count). The van der Waals surface area contributed by atoms with E-state index in [2.05, 4.69) is 220 Å². The van der Waals surface area contributed by atoms with Gasteiger partial charge in [0, 0.05) is 11.8 Å². The molecular formula is C58H48Si. The predicted molar refractivity (Wildman–Crippen MR) is 256 cm³/mol. The van der Waals surface area contributed by atoms with Crippen LogP contribution in [-0.2, 0) is 0 Å². The highest BCUT2D eigenvalue weighted by Crippen LogP contribution is 2.47. The number of fused-ring (bicyclic) bond motifs is 2. The first-order chi connectivity index (χ1) is 29.1. The predicted octanol–water partition coefficient (Wildman–Crippen LogP) is 13.4. The Labute approximate surface area is 352 Å². The number of hydrogen-bond acceptors (Lipinski definition) is 0. The van der Waals surface area contributed by atoms with Gasteiger partial charge in [-0.2, -0.15) is 0 Å². The molecule has 59 heavy (non-hydrogen) atoms. The zero-order valence-corrected chi connectivity index (χ0v) is 35.3. The molecule has 8 aromatic carbocycles. The third-order valence-electron chi connectivity index (χ3n) is 12.8. The molecule has 1 heteroatoms. The third kappa shape index (κ3) is 7.07. The molecule has 0 bridgehead atoms. The molecule has 2 atom stereocenters. The number of allylic oxidation sites excluding steroid dienone is 2. The van der Waals surface area contributed by atoms with Crippen LogP contribution < -0.4 is 10.4 Å². The number of rotatable bonds is 10. The normalized spacial score (nSPS) is 15.6. The van der Waals surface area contributed by atoms with E-state index in [0.29, 0.717) is 11.8 Å². The Morgan fingerprint density at radius 2 is 0.695 bits per heavy atom. The average molecular weight is 773 g/mol. The molecule has 2 aliphatic carbocycles. The van der Waals surface area contributed by atoms with Crippen LogP contribution in [0.4, 0.5) is 0 Å².